The van der Waals surface area contributed by atoms with Crippen molar-refractivity contribution in [3.63, 3.8) is 0 Å². The lowest BCUT2D eigenvalue weighted by atomic mass is 10.2. The monoisotopic (exact) mass is 417 g/mol. The molecular weight excluding hydrogens is 398 g/mol. The van der Waals surface area contributed by atoms with Gasteiger partial charge < -0.3 is 14.8 Å². The number of pyridine rings is 1. The molecule has 0 bridgehead atoms. The molecule has 1 aromatic heterocycles. The number of thioether (sulfide) groups is 1. The van der Waals surface area contributed by atoms with Crippen molar-refractivity contribution < 1.29 is 14.3 Å². The Labute approximate surface area is 178 Å². The number of ether oxygens (including phenoxy) is 2. The van der Waals surface area contributed by atoms with Crippen LogP contribution < -0.4 is 14.8 Å². The van der Waals surface area contributed by atoms with E-state index in [9.17, 15) is 4.79 Å². The van der Waals surface area contributed by atoms with Gasteiger partial charge in [0.2, 0.25) is 0 Å². The summed E-state index contributed by atoms with van der Waals surface area (Å²) in [7, 11) is 1.62. The van der Waals surface area contributed by atoms with Crippen LogP contribution in [-0.2, 0) is 6.61 Å². The Hall–Kier alpha value is -3.58. The number of methoxy groups -OCH3 is 1. The van der Waals surface area contributed by atoms with E-state index in [1.807, 2.05) is 72.8 Å². The van der Waals surface area contributed by atoms with E-state index >= 15 is 0 Å². The topological polar surface area (TPSA) is 72.8 Å². The maximum Gasteiger partial charge on any atom is 0.289 e. The number of rotatable bonds is 6. The Morgan fingerprint density at radius 1 is 1.03 bits per heavy atom. The summed E-state index contributed by atoms with van der Waals surface area (Å²) in [4.78, 5) is 21.5. The lowest BCUT2D eigenvalue weighted by Gasteiger charge is -2.06. The molecule has 0 saturated carbocycles. The van der Waals surface area contributed by atoms with Crippen molar-refractivity contribution >= 4 is 34.6 Å². The summed E-state index contributed by atoms with van der Waals surface area (Å²) in [5.74, 6) is 2.04. The van der Waals surface area contributed by atoms with Crippen LogP contribution in [0.4, 0.5) is 10.5 Å². The average Bonchev–Trinajstić information content (AvgIpc) is 3.13. The zero-order chi connectivity index (χ0) is 20.8. The lowest BCUT2D eigenvalue weighted by Crippen LogP contribution is -2.18. The molecule has 1 saturated heterocycles. The van der Waals surface area contributed by atoms with Gasteiger partial charge >= 0.3 is 0 Å². The molecule has 2 aromatic carbocycles. The van der Waals surface area contributed by atoms with Crippen molar-refractivity contribution in [2.75, 3.05) is 7.11 Å². The summed E-state index contributed by atoms with van der Waals surface area (Å²) >= 11 is 1.12. The number of hydrogen-bond donors (Lipinski definition) is 1. The molecule has 1 amide bonds. The van der Waals surface area contributed by atoms with E-state index in [0.717, 1.165) is 45.1 Å². The number of amidine groups is 1. The minimum Gasteiger partial charge on any atom is -0.497 e. The first-order valence-corrected chi connectivity index (χ1v) is 10.1. The fourth-order valence-electron chi connectivity index (χ4n) is 2.75. The summed E-state index contributed by atoms with van der Waals surface area (Å²) < 4.78 is 10.9. The molecule has 30 heavy (non-hydrogen) atoms. The Kier molecular flexibility index (Phi) is 6.10. The maximum absolute atomic E-state index is 11.9. The van der Waals surface area contributed by atoms with Gasteiger partial charge in [0.15, 0.2) is 0 Å². The van der Waals surface area contributed by atoms with Gasteiger partial charge in [0.25, 0.3) is 5.24 Å². The van der Waals surface area contributed by atoms with E-state index in [-0.39, 0.29) is 5.24 Å². The van der Waals surface area contributed by atoms with Gasteiger partial charge in [-0.05, 0) is 71.9 Å². The Morgan fingerprint density at radius 3 is 2.50 bits per heavy atom. The zero-order valence-corrected chi connectivity index (χ0v) is 17.1. The van der Waals surface area contributed by atoms with Crippen LogP contribution in [0, 0.1) is 0 Å². The summed E-state index contributed by atoms with van der Waals surface area (Å²) in [5.41, 5.74) is 2.55. The molecule has 1 fully saturated rings. The van der Waals surface area contributed by atoms with E-state index in [2.05, 4.69) is 15.3 Å². The van der Waals surface area contributed by atoms with Crippen LogP contribution in [0.15, 0.2) is 82.8 Å². The molecule has 4 rings (SSSR count). The third-order valence-electron chi connectivity index (χ3n) is 4.26. The van der Waals surface area contributed by atoms with Gasteiger partial charge in [-0.25, -0.2) is 4.99 Å². The molecule has 0 unspecified atom stereocenters. The van der Waals surface area contributed by atoms with E-state index in [4.69, 9.17) is 9.47 Å². The molecule has 2 heterocycles. The first-order valence-electron chi connectivity index (χ1n) is 9.26. The van der Waals surface area contributed by atoms with Crippen LogP contribution in [-0.4, -0.2) is 23.2 Å². The smallest absolute Gasteiger partial charge is 0.289 e. The van der Waals surface area contributed by atoms with Crippen molar-refractivity contribution in [1.29, 1.82) is 0 Å². The average molecular weight is 417 g/mol. The molecule has 0 spiro atoms. The van der Waals surface area contributed by atoms with Crippen LogP contribution in [0.2, 0.25) is 0 Å². The van der Waals surface area contributed by atoms with E-state index < -0.39 is 0 Å². The van der Waals surface area contributed by atoms with Crippen molar-refractivity contribution in [1.82, 2.24) is 10.3 Å². The number of nitrogens with one attached hydrogen (secondary N) is 1. The van der Waals surface area contributed by atoms with Crippen LogP contribution in [0.5, 0.6) is 11.5 Å². The highest BCUT2D eigenvalue weighted by atomic mass is 32.2. The highest BCUT2D eigenvalue weighted by Gasteiger charge is 2.23. The zero-order valence-electron chi connectivity index (χ0n) is 16.2. The van der Waals surface area contributed by atoms with Gasteiger partial charge in [-0.1, -0.05) is 18.2 Å². The Balaban J connectivity index is 1.47. The number of nitrogens with zero attached hydrogens (tertiary/aromatic N) is 2. The molecule has 1 aliphatic rings. The normalized spacial score (nSPS) is 16.0. The predicted octanol–water partition coefficient (Wildman–Crippen LogP) is 5.20. The second-order valence-electron chi connectivity index (χ2n) is 6.36. The minimum absolute atomic E-state index is 0.149. The second-order valence-corrected chi connectivity index (χ2v) is 7.38. The van der Waals surface area contributed by atoms with E-state index in [1.54, 1.807) is 13.3 Å². The summed E-state index contributed by atoms with van der Waals surface area (Å²) in [6.07, 6.45) is 3.67. The third kappa shape index (κ3) is 5.07. The quantitative estimate of drug-likeness (QED) is 0.597. The number of carbonyl (C=O) groups is 1. The molecule has 3 aromatic rings. The standard InChI is InChI=1S/C23H19N3O3S/c1-28-19-11-7-17(8-12-19)25-22-21(30-23(27)26-22)14-16-5-9-20(10-6-16)29-15-18-4-2-3-13-24-18/h2-14H,15H2,1H3,(H,25,26,27)/b21-14-. The predicted molar refractivity (Wildman–Crippen MR) is 119 cm³/mol. The minimum atomic E-state index is -0.149. The Morgan fingerprint density at radius 2 is 1.80 bits per heavy atom. The molecule has 7 heteroatoms. The molecule has 1 aliphatic heterocycles. The summed E-state index contributed by atoms with van der Waals surface area (Å²) in [6, 6.07) is 20.7. The number of benzene rings is 2. The lowest BCUT2D eigenvalue weighted by molar-refractivity contribution is 0.265. The van der Waals surface area contributed by atoms with Gasteiger partial charge in [0.05, 0.1) is 23.4 Å². The van der Waals surface area contributed by atoms with Crippen molar-refractivity contribution in [2.45, 2.75) is 6.61 Å². The first kappa shape index (κ1) is 19.7. The van der Waals surface area contributed by atoms with Crippen molar-refractivity contribution in [3.05, 3.63) is 89.1 Å². The van der Waals surface area contributed by atoms with Gasteiger partial charge in [0, 0.05) is 6.20 Å². The van der Waals surface area contributed by atoms with Crippen molar-refractivity contribution in [2.24, 2.45) is 4.99 Å². The van der Waals surface area contributed by atoms with Gasteiger partial charge in [-0.2, -0.15) is 0 Å². The van der Waals surface area contributed by atoms with E-state index in [1.165, 1.54) is 0 Å². The SMILES string of the molecule is COc1ccc(N=C2NC(=O)S/C2=C\c2ccc(OCc3ccccn3)cc2)cc1. The maximum atomic E-state index is 11.9. The van der Waals surface area contributed by atoms with Crippen LogP contribution in [0.1, 0.15) is 11.3 Å². The van der Waals surface area contributed by atoms with Crippen LogP contribution in [0.3, 0.4) is 0 Å². The van der Waals surface area contributed by atoms with Crippen molar-refractivity contribution in [3.8, 4) is 11.5 Å². The molecule has 6 nitrogen and oxygen atoms in total. The number of hydrogen-bond acceptors (Lipinski definition) is 6. The third-order valence-corrected chi connectivity index (χ3v) is 5.08. The molecule has 1 N–H and O–H groups in total. The number of amides is 1. The first-order chi connectivity index (χ1) is 14.7. The van der Waals surface area contributed by atoms with Gasteiger partial charge in [0.1, 0.15) is 23.9 Å². The molecule has 150 valence electrons. The number of aromatic nitrogens is 1. The summed E-state index contributed by atoms with van der Waals surface area (Å²) in [6.45, 7) is 0.411. The van der Waals surface area contributed by atoms with E-state index in [0.29, 0.717) is 12.4 Å². The molecule has 0 aliphatic carbocycles. The highest BCUT2D eigenvalue weighted by Crippen LogP contribution is 2.29. The molecule has 0 radical (unpaired) electrons. The van der Waals surface area contributed by atoms with Gasteiger partial charge in [-0.15, -0.1) is 0 Å². The molecule has 0 atom stereocenters. The fourth-order valence-corrected chi connectivity index (χ4v) is 3.49. The Bertz CT molecular complexity index is 1080. The highest BCUT2D eigenvalue weighted by molar-refractivity contribution is 8.18. The fraction of sp³-hybridized carbons (Fsp3) is 0.0870. The van der Waals surface area contributed by atoms with Crippen LogP contribution in [0.25, 0.3) is 6.08 Å². The largest absolute Gasteiger partial charge is 0.497 e. The summed E-state index contributed by atoms with van der Waals surface area (Å²) in [5, 5.41) is 2.64. The van der Waals surface area contributed by atoms with Crippen LogP contribution >= 0.6 is 11.8 Å². The number of carbonyl (C=O) groups excluding carboxylic acids is 1. The number of aliphatic imine (C=N–C) groups is 1. The second kappa shape index (κ2) is 9.28. The molecular formula is C23H19N3O3S. The van der Waals surface area contributed by atoms with Gasteiger partial charge in [-0.3, -0.25) is 9.78 Å².